The van der Waals surface area contributed by atoms with Gasteiger partial charge >= 0.3 is 6.03 Å². The molecule has 2 aromatic heterocycles. The van der Waals surface area contributed by atoms with Gasteiger partial charge in [-0.25, -0.2) is 4.79 Å². The molecule has 3 rings (SSSR count). The summed E-state index contributed by atoms with van der Waals surface area (Å²) in [6, 6.07) is 4.04. The molecule has 0 bridgehead atoms. The van der Waals surface area contributed by atoms with Crippen LogP contribution >= 0.6 is 23.1 Å². The zero-order chi connectivity index (χ0) is 18.7. The number of thiophene rings is 1. The van der Waals surface area contributed by atoms with Gasteiger partial charge in [0.1, 0.15) is 5.82 Å². The Hall–Kier alpha value is -1.87. The monoisotopic (exact) mass is 393 g/mol. The lowest BCUT2D eigenvalue weighted by atomic mass is 10.3. The summed E-state index contributed by atoms with van der Waals surface area (Å²) < 4.78 is 2.16. The van der Waals surface area contributed by atoms with Gasteiger partial charge in [-0.3, -0.25) is 10.1 Å². The summed E-state index contributed by atoms with van der Waals surface area (Å²) in [6.07, 6.45) is 2.97. The van der Waals surface area contributed by atoms with Crippen molar-refractivity contribution in [1.82, 2.24) is 25.4 Å². The first-order valence-electron chi connectivity index (χ1n) is 8.68. The van der Waals surface area contributed by atoms with Crippen LogP contribution in [0.2, 0.25) is 0 Å². The number of rotatable bonds is 7. The molecule has 7 nitrogen and oxygen atoms in total. The number of imide groups is 1. The van der Waals surface area contributed by atoms with Crippen LogP contribution < -0.4 is 10.6 Å². The fraction of sp³-hybridized carbons (Fsp3) is 0.529. The lowest BCUT2D eigenvalue weighted by molar-refractivity contribution is -0.119. The summed E-state index contributed by atoms with van der Waals surface area (Å²) in [5.41, 5.74) is 0. The molecule has 2 N–H and O–H groups in total. The number of carbonyl (C=O) groups excluding carboxylic acids is 2. The molecule has 2 aromatic rings. The molecule has 9 heteroatoms. The molecule has 0 aromatic carbocycles. The minimum absolute atomic E-state index is 0.0245. The van der Waals surface area contributed by atoms with Crippen molar-refractivity contribution in [1.29, 1.82) is 0 Å². The average Bonchev–Trinajstić information content (AvgIpc) is 3.12. The molecule has 140 valence electrons. The normalized spacial score (nSPS) is 15.1. The molecule has 0 aliphatic heterocycles. The predicted molar refractivity (Wildman–Crippen MR) is 103 cm³/mol. The third-order valence-electron chi connectivity index (χ3n) is 3.87. The van der Waals surface area contributed by atoms with Crippen molar-refractivity contribution in [2.24, 2.45) is 0 Å². The third-order valence-corrected chi connectivity index (χ3v) is 5.80. The van der Waals surface area contributed by atoms with Gasteiger partial charge in [0.25, 0.3) is 0 Å². The molecule has 3 amide bonds. The number of urea groups is 1. The highest BCUT2D eigenvalue weighted by Crippen LogP contribution is 2.40. The first-order chi connectivity index (χ1) is 12.4. The Balaban J connectivity index is 1.66. The lowest BCUT2D eigenvalue weighted by Gasteiger charge is -2.14. The van der Waals surface area contributed by atoms with Gasteiger partial charge in [0.15, 0.2) is 5.16 Å². The van der Waals surface area contributed by atoms with E-state index >= 15 is 0 Å². The van der Waals surface area contributed by atoms with Crippen molar-refractivity contribution in [2.75, 3.05) is 0 Å². The summed E-state index contributed by atoms with van der Waals surface area (Å²) in [4.78, 5) is 25.2. The Kier molecular flexibility index (Phi) is 5.98. The number of thioether (sulfide) groups is 1. The van der Waals surface area contributed by atoms with Crippen molar-refractivity contribution in [3.63, 3.8) is 0 Å². The molecular weight excluding hydrogens is 370 g/mol. The number of carbonyl (C=O) groups is 2. The Bertz CT molecular complexity index is 768. The zero-order valence-corrected chi connectivity index (χ0v) is 16.7. The van der Waals surface area contributed by atoms with Crippen LogP contribution in [0, 0.1) is 0 Å². The molecule has 2 heterocycles. The Morgan fingerprint density at radius 2 is 2.12 bits per heavy atom. The maximum absolute atomic E-state index is 12.3. The van der Waals surface area contributed by atoms with Gasteiger partial charge in [-0.15, -0.1) is 21.5 Å². The minimum Gasteiger partial charge on any atom is -0.336 e. The number of aromatic nitrogens is 3. The van der Waals surface area contributed by atoms with Gasteiger partial charge in [0.05, 0.1) is 5.25 Å². The fourth-order valence-corrected chi connectivity index (χ4v) is 4.14. The van der Waals surface area contributed by atoms with Crippen LogP contribution in [-0.2, 0) is 11.2 Å². The van der Waals surface area contributed by atoms with Crippen molar-refractivity contribution in [2.45, 2.75) is 62.5 Å². The zero-order valence-electron chi connectivity index (χ0n) is 15.1. The van der Waals surface area contributed by atoms with Gasteiger partial charge < -0.3 is 9.88 Å². The third kappa shape index (κ3) is 4.85. The number of hydrogen-bond donors (Lipinski definition) is 2. The van der Waals surface area contributed by atoms with E-state index in [1.807, 2.05) is 19.9 Å². The van der Waals surface area contributed by atoms with Crippen LogP contribution in [0.3, 0.4) is 0 Å². The second-order valence-corrected chi connectivity index (χ2v) is 8.97. The molecule has 1 aliphatic rings. The Morgan fingerprint density at radius 1 is 1.35 bits per heavy atom. The van der Waals surface area contributed by atoms with Crippen molar-refractivity contribution in [3.05, 3.63) is 28.2 Å². The van der Waals surface area contributed by atoms with E-state index in [4.69, 9.17) is 0 Å². The van der Waals surface area contributed by atoms with Crippen molar-refractivity contribution >= 4 is 35.0 Å². The minimum atomic E-state index is -0.473. The van der Waals surface area contributed by atoms with Crippen LogP contribution in [0.1, 0.15) is 50.4 Å². The average molecular weight is 394 g/mol. The van der Waals surface area contributed by atoms with Crippen molar-refractivity contribution in [3.8, 4) is 0 Å². The van der Waals surface area contributed by atoms with E-state index in [-0.39, 0.29) is 11.9 Å². The van der Waals surface area contributed by atoms with Crippen LogP contribution in [0.5, 0.6) is 0 Å². The van der Waals surface area contributed by atoms with E-state index in [2.05, 4.69) is 36.8 Å². The van der Waals surface area contributed by atoms with E-state index in [1.54, 1.807) is 18.3 Å². The molecule has 1 saturated carbocycles. The van der Waals surface area contributed by atoms with Crippen LogP contribution in [0.4, 0.5) is 4.79 Å². The molecule has 0 spiro atoms. The molecular formula is C17H23N5O2S2. The van der Waals surface area contributed by atoms with E-state index in [9.17, 15) is 9.59 Å². The van der Waals surface area contributed by atoms with Crippen LogP contribution in [0.25, 0.3) is 0 Å². The van der Waals surface area contributed by atoms with Gasteiger partial charge in [0.2, 0.25) is 5.91 Å². The SMILES string of the molecule is CC(C)NC(=O)NC(=O)[C@@H](C)Sc1nnc(Cc2cccs2)n1C1CC1. The smallest absolute Gasteiger partial charge is 0.321 e. The topological polar surface area (TPSA) is 88.9 Å². The highest BCUT2D eigenvalue weighted by atomic mass is 32.2. The highest BCUT2D eigenvalue weighted by molar-refractivity contribution is 8.00. The molecule has 26 heavy (non-hydrogen) atoms. The summed E-state index contributed by atoms with van der Waals surface area (Å²) >= 11 is 3.04. The first-order valence-corrected chi connectivity index (χ1v) is 10.4. The molecule has 1 aliphatic carbocycles. The first kappa shape index (κ1) is 18.9. The summed E-state index contributed by atoms with van der Waals surface area (Å²) in [5.74, 6) is 0.598. The molecule has 0 unspecified atom stereocenters. The van der Waals surface area contributed by atoms with Gasteiger partial charge in [-0.2, -0.15) is 0 Å². The number of nitrogens with one attached hydrogen (secondary N) is 2. The van der Waals surface area contributed by atoms with Gasteiger partial charge in [-0.1, -0.05) is 17.8 Å². The highest BCUT2D eigenvalue weighted by Gasteiger charge is 2.31. The quantitative estimate of drug-likeness (QED) is 0.706. The lowest BCUT2D eigenvalue weighted by Crippen LogP contribution is -2.45. The fourth-order valence-electron chi connectivity index (χ4n) is 2.50. The standard InChI is InChI=1S/C17H23N5O2S2/c1-10(2)18-16(24)19-15(23)11(3)26-17-21-20-14(22(17)12-6-7-12)9-13-5-4-8-25-13/h4-5,8,10-12H,6-7,9H2,1-3H3,(H2,18,19,23,24)/t11-/m1/s1. The largest absolute Gasteiger partial charge is 0.336 e. The molecule has 0 radical (unpaired) electrons. The van der Waals surface area contributed by atoms with Gasteiger partial charge in [0, 0.05) is 23.4 Å². The maximum Gasteiger partial charge on any atom is 0.321 e. The van der Waals surface area contributed by atoms with E-state index in [1.165, 1.54) is 16.6 Å². The number of amides is 3. The summed E-state index contributed by atoms with van der Waals surface area (Å²) in [7, 11) is 0. The number of nitrogens with zero attached hydrogens (tertiary/aromatic N) is 3. The maximum atomic E-state index is 12.3. The summed E-state index contributed by atoms with van der Waals surface area (Å²) in [5, 5.41) is 16.0. The van der Waals surface area contributed by atoms with E-state index in [0.717, 1.165) is 30.2 Å². The Morgan fingerprint density at radius 3 is 2.73 bits per heavy atom. The van der Waals surface area contributed by atoms with Crippen LogP contribution in [-0.4, -0.2) is 38.0 Å². The molecule has 1 fully saturated rings. The van der Waals surface area contributed by atoms with E-state index < -0.39 is 11.3 Å². The van der Waals surface area contributed by atoms with Crippen molar-refractivity contribution < 1.29 is 9.59 Å². The van der Waals surface area contributed by atoms with Crippen LogP contribution in [0.15, 0.2) is 22.7 Å². The number of hydrogen-bond acceptors (Lipinski definition) is 6. The predicted octanol–water partition coefficient (Wildman–Crippen LogP) is 2.98. The van der Waals surface area contributed by atoms with Gasteiger partial charge in [-0.05, 0) is 45.1 Å². The summed E-state index contributed by atoms with van der Waals surface area (Å²) in [6.45, 7) is 5.46. The van der Waals surface area contributed by atoms with E-state index in [0.29, 0.717) is 6.04 Å². The second kappa shape index (κ2) is 8.22. The second-order valence-electron chi connectivity index (χ2n) is 6.63. The Labute approximate surface area is 161 Å². The molecule has 0 saturated heterocycles. The molecule has 1 atom stereocenters.